The van der Waals surface area contributed by atoms with E-state index < -0.39 is 19.9 Å². The maximum Gasteiger partial charge on any atom is 0.244 e. The predicted molar refractivity (Wildman–Crippen MR) is 70.8 cm³/mol. The van der Waals surface area contributed by atoms with Crippen LogP contribution in [0.1, 0.15) is 6.92 Å². The summed E-state index contributed by atoms with van der Waals surface area (Å²) in [5.41, 5.74) is 5.43. The molecule has 1 aromatic rings. The molecule has 0 radical (unpaired) electrons. The number of nitrogens with two attached hydrogens (primary N) is 1. The van der Waals surface area contributed by atoms with E-state index in [0.717, 1.165) is 16.8 Å². The van der Waals surface area contributed by atoms with Gasteiger partial charge in [-0.05, 0) is 19.1 Å². The van der Waals surface area contributed by atoms with E-state index in [2.05, 4.69) is 4.98 Å². The van der Waals surface area contributed by atoms with Crippen LogP contribution in [-0.2, 0) is 19.9 Å². The summed E-state index contributed by atoms with van der Waals surface area (Å²) in [5.74, 6) is 0. The quantitative estimate of drug-likeness (QED) is 0.781. The van der Waals surface area contributed by atoms with Crippen molar-refractivity contribution in [1.29, 1.82) is 0 Å². The van der Waals surface area contributed by atoms with Gasteiger partial charge in [0, 0.05) is 32.1 Å². The number of hydrogen-bond acceptors (Lipinski definition) is 6. The highest BCUT2D eigenvalue weighted by Gasteiger charge is 2.25. The van der Waals surface area contributed by atoms with Gasteiger partial charge in [0.05, 0.1) is 0 Å². The van der Waals surface area contributed by atoms with Gasteiger partial charge in [0.1, 0.15) is 4.90 Å². The van der Waals surface area contributed by atoms with Gasteiger partial charge >= 0.3 is 0 Å². The average Bonchev–Trinajstić information content (AvgIpc) is 2.36. The van der Waals surface area contributed by atoms with E-state index in [0.29, 0.717) is 0 Å². The normalized spacial score (nSPS) is 14.6. The Morgan fingerprint density at radius 1 is 1.32 bits per heavy atom. The first kappa shape index (κ1) is 16.0. The molecule has 0 aliphatic rings. The van der Waals surface area contributed by atoms with Crippen molar-refractivity contribution in [2.45, 2.75) is 22.9 Å². The molecule has 0 saturated heterocycles. The van der Waals surface area contributed by atoms with E-state index >= 15 is 0 Å². The van der Waals surface area contributed by atoms with Gasteiger partial charge in [0.2, 0.25) is 10.0 Å². The molecule has 19 heavy (non-hydrogen) atoms. The van der Waals surface area contributed by atoms with Crippen molar-refractivity contribution in [1.82, 2.24) is 9.29 Å². The topological polar surface area (TPSA) is 110 Å². The highest BCUT2D eigenvalue weighted by Crippen LogP contribution is 2.16. The second-order valence-corrected chi connectivity index (χ2v) is 8.17. The maximum absolute atomic E-state index is 12.2. The zero-order valence-electron chi connectivity index (χ0n) is 10.9. The number of rotatable bonds is 5. The third kappa shape index (κ3) is 3.50. The van der Waals surface area contributed by atoms with Crippen molar-refractivity contribution in [3.05, 3.63) is 18.3 Å². The first-order chi connectivity index (χ1) is 8.60. The summed E-state index contributed by atoms with van der Waals surface area (Å²) in [6, 6.07) is 2.03. The molecule has 0 spiro atoms. The molecule has 0 amide bonds. The Hall–Kier alpha value is -1.03. The lowest BCUT2D eigenvalue weighted by atomic mass is 10.4. The molecule has 1 heterocycles. The lowest BCUT2D eigenvalue weighted by Crippen LogP contribution is -2.39. The van der Waals surface area contributed by atoms with Crippen molar-refractivity contribution in [2.75, 3.05) is 19.8 Å². The molecule has 108 valence electrons. The number of aromatic nitrogens is 1. The zero-order chi connectivity index (χ0) is 14.8. The zero-order valence-corrected chi connectivity index (χ0v) is 12.6. The molecule has 0 aliphatic carbocycles. The molecule has 0 aromatic carbocycles. The third-order valence-corrected chi connectivity index (χ3v) is 5.68. The standard InChI is InChI=1S/C10H17N3O4S2/c1-8(6-11)13(2)19(16,17)9-4-5-10(12-7-9)18(3,14)15/h4-5,7-8H,6,11H2,1-3H3. The summed E-state index contributed by atoms with van der Waals surface area (Å²) in [6.45, 7) is 1.86. The molecule has 1 rings (SSSR count). The van der Waals surface area contributed by atoms with E-state index in [1.165, 1.54) is 19.2 Å². The Morgan fingerprint density at radius 3 is 2.26 bits per heavy atom. The Balaban J connectivity index is 3.18. The van der Waals surface area contributed by atoms with Gasteiger partial charge in [-0.1, -0.05) is 0 Å². The van der Waals surface area contributed by atoms with Crippen molar-refractivity contribution >= 4 is 19.9 Å². The van der Waals surface area contributed by atoms with Gasteiger partial charge < -0.3 is 5.73 Å². The third-order valence-electron chi connectivity index (χ3n) is 2.73. The SMILES string of the molecule is CC(CN)N(C)S(=O)(=O)c1ccc(S(C)(=O)=O)nc1. The van der Waals surface area contributed by atoms with Crippen LogP contribution in [0.3, 0.4) is 0 Å². The molecule has 0 fully saturated rings. The lowest BCUT2D eigenvalue weighted by molar-refractivity contribution is 0.394. The van der Waals surface area contributed by atoms with Crippen LogP contribution in [0.4, 0.5) is 0 Å². The van der Waals surface area contributed by atoms with Gasteiger partial charge in [-0.3, -0.25) is 0 Å². The fraction of sp³-hybridized carbons (Fsp3) is 0.500. The van der Waals surface area contributed by atoms with Crippen LogP contribution in [0.25, 0.3) is 0 Å². The fourth-order valence-electron chi connectivity index (χ4n) is 1.29. The first-order valence-electron chi connectivity index (χ1n) is 5.45. The molecule has 1 atom stereocenters. The highest BCUT2D eigenvalue weighted by molar-refractivity contribution is 7.90. The van der Waals surface area contributed by atoms with Gasteiger partial charge in [-0.25, -0.2) is 21.8 Å². The summed E-state index contributed by atoms with van der Waals surface area (Å²) in [5, 5.41) is -0.166. The summed E-state index contributed by atoms with van der Waals surface area (Å²) in [7, 11) is -5.75. The van der Waals surface area contributed by atoms with Gasteiger partial charge in [-0.2, -0.15) is 4.31 Å². The van der Waals surface area contributed by atoms with Crippen LogP contribution in [0.2, 0.25) is 0 Å². The summed E-state index contributed by atoms with van der Waals surface area (Å²) in [4.78, 5) is 3.59. The Kier molecular flexibility index (Phi) is 4.67. The van der Waals surface area contributed by atoms with E-state index in [1.54, 1.807) is 6.92 Å². The summed E-state index contributed by atoms with van der Waals surface area (Å²) >= 11 is 0. The number of sulfonamides is 1. The Bertz CT molecular complexity index is 638. The summed E-state index contributed by atoms with van der Waals surface area (Å²) < 4.78 is 48.0. The van der Waals surface area contributed by atoms with Crippen LogP contribution in [0.5, 0.6) is 0 Å². The van der Waals surface area contributed by atoms with Crippen molar-refractivity contribution < 1.29 is 16.8 Å². The number of pyridine rings is 1. The Labute approximate surface area is 113 Å². The molecule has 1 aromatic heterocycles. The van der Waals surface area contributed by atoms with E-state index in [1.807, 2.05) is 0 Å². The number of hydrogen-bond donors (Lipinski definition) is 1. The number of likely N-dealkylation sites (N-methyl/N-ethyl adjacent to an activating group) is 1. The van der Waals surface area contributed by atoms with Crippen molar-refractivity contribution in [2.24, 2.45) is 5.73 Å². The summed E-state index contributed by atoms with van der Waals surface area (Å²) in [6.07, 6.45) is 2.04. The van der Waals surface area contributed by atoms with Crippen LogP contribution >= 0.6 is 0 Å². The monoisotopic (exact) mass is 307 g/mol. The van der Waals surface area contributed by atoms with Gasteiger partial charge in [0.15, 0.2) is 14.9 Å². The average molecular weight is 307 g/mol. The molecule has 7 nitrogen and oxygen atoms in total. The Morgan fingerprint density at radius 2 is 1.89 bits per heavy atom. The van der Waals surface area contributed by atoms with Crippen molar-refractivity contribution in [3.63, 3.8) is 0 Å². The number of nitrogens with zero attached hydrogens (tertiary/aromatic N) is 2. The van der Waals surface area contributed by atoms with Crippen LogP contribution in [0.15, 0.2) is 28.3 Å². The minimum absolute atomic E-state index is 0.0669. The van der Waals surface area contributed by atoms with E-state index in [9.17, 15) is 16.8 Å². The largest absolute Gasteiger partial charge is 0.329 e. The second-order valence-electron chi connectivity index (χ2n) is 4.21. The van der Waals surface area contributed by atoms with E-state index in [-0.39, 0.29) is 22.5 Å². The molecule has 9 heteroatoms. The molecule has 0 bridgehead atoms. The van der Waals surface area contributed by atoms with Gasteiger partial charge in [0.25, 0.3) is 0 Å². The minimum Gasteiger partial charge on any atom is -0.329 e. The molecule has 0 saturated carbocycles. The first-order valence-corrected chi connectivity index (χ1v) is 8.78. The molecular formula is C10H17N3O4S2. The van der Waals surface area contributed by atoms with E-state index in [4.69, 9.17) is 5.73 Å². The second kappa shape index (κ2) is 5.53. The number of sulfone groups is 1. The van der Waals surface area contributed by atoms with Crippen LogP contribution in [-0.4, -0.2) is 52.0 Å². The molecule has 2 N–H and O–H groups in total. The van der Waals surface area contributed by atoms with Crippen molar-refractivity contribution in [3.8, 4) is 0 Å². The molecular weight excluding hydrogens is 290 g/mol. The van der Waals surface area contributed by atoms with Crippen LogP contribution < -0.4 is 5.73 Å². The van der Waals surface area contributed by atoms with Gasteiger partial charge in [-0.15, -0.1) is 0 Å². The highest BCUT2D eigenvalue weighted by atomic mass is 32.2. The predicted octanol–water partition coefficient (Wildman–Crippen LogP) is -0.547. The van der Waals surface area contributed by atoms with Crippen LogP contribution in [0, 0.1) is 0 Å². The fourth-order valence-corrected chi connectivity index (χ4v) is 3.17. The maximum atomic E-state index is 12.2. The molecule has 0 aliphatic heterocycles. The lowest BCUT2D eigenvalue weighted by Gasteiger charge is -2.22. The minimum atomic E-state index is -3.72. The molecule has 1 unspecified atom stereocenters. The smallest absolute Gasteiger partial charge is 0.244 e.